The smallest absolute Gasteiger partial charge is 0.308 e. The quantitative estimate of drug-likeness (QED) is 0.667. The molecule has 1 N–H and O–H groups in total. The van der Waals surface area contributed by atoms with Crippen molar-refractivity contribution in [3.05, 3.63) is 52.3 Å². The summed E-state index contributed by atoms with van der Waals surface area (Å²) in [6.07, 6.45) is 2.02. The van der Waals surface area contributed by atoms with E-state index in [4.69, 9.17) is 5.11 Å². The molecule has 9 heteroatoms. The van der Waals surface area contributed by atoms with Gasteiger partial charge in [-0.1, -0.05) is 0 Å². The van der Waals surface area contributed by atoms with E-state index < -0.39 is 16.8 Å². The van der Waals surface area contributed by atoms with Gasteiger partial charge in [0, 0.05) is 31.4 Å². The highest BCUT2D eigenvalue weighted by atomic mass is 16.6. The average Bonchev–Trinajstić information content (AvgIpc) is 3.24. The van der Waals surface area contributed by atoms with E-state index in [1.165, 1.54) is 39.9 Å². The van der Waals surface area contributed by atoms with Gasteiger partial charge < -0.3 is 10.0 Å². The Morgan fingerprint density at radius 1 is 1.25 bits per heavy atom. The molecule has 2 heterocycles. The van der Waals surface area contributed by atoms with Gasteiger partial charge >= 0.3 is 5.97 Å². The van der Waals surface area contributed by atoms with Crippen LogP contribution >= 0.6 is 0 Å². The molecule has 1 aromatic carbocycles. The molecule has 1 aliphatic rings. The summed E-state index contributed by atoms with van der Waals surface area (Å²) >= 11 is 0. The minimum atomic E-state index is -0.901. The number of amides is 1. The highest BCUT2D eigenvalue weighted by Crippen LogP contribution is 2.19. The SMILES string of the molecule is O=C(O)C1CCN(C(=O)c2ccn(-c3ccc([N+](=O)[O-])cc3)n2)C1. The Morgan fingerprint density at radius 2 is 1.96 bits per heavy atom. The van der Waals surface area contributed by atoms with Crippen LogP contribution in [0.4, 0.5) is 5.69 Å². The summed E-state index contributed by atoms with van der Waals surface area (Å²) in [6, 6.07) is 7.33. The van der Waals surface area contributed by atoms with E-state index >= 15 is 0 Å². The molecule has 1 aliphatic heterocycles. The molecule has 1 unspecified atom stereocenters. The number of carboxylic acid groups (broad SMARTS) is 1. The third kappa shape index (κ3) is 2.96. The van der Waals surface area contributed by atoms with Crippen LogP contribution in [0, 0.1) is 16.0 Å². The van der Waals surface area contributed by atoms with Gasteiger partial charge in [-0.25, -0.2) is 4.68 Å². The summed E-state index contributed by atoms with van der Waals surface area (Å²) in [5.41, 5.74) is 0.767. The van der Waals surface area contributed by atoms with Crippen molar-refractivity contribution in [1.82, 2.24) is 14.7 Å². The zero-order chi connectivity index (χ0) is 17.3. The maximum absolute atomic E-state index is 12.4. The lowest BCUT2D eigenvalue weighted by molar-refractivity contribution is -0.384. The van der Waals surface area contributed by atoms with Crippen molar-refractivity contribution in [2.24, 2.45) is 5.92 Å². The summed E-state index contributed by atoms with van der Waals surface area (Å²) in [4.78, 5) is 35.0. The van der Waals surface area contributed by atoms with Crippen LogP contribution in [0.2, 0.25) is 0 Å². The monoisotopic (exact) mass is 330 g/mol. The zero-order valence-electron chi connectivity index (χ0n) is 12.5. The molecule has 124 valence electrons. The molecule has 0 aliphatic carbocycles. The van der Waals surface area contributed by atoms with Gasteiger partial charge in [-0.15, -0.1) is 0 Å². The highest BCUT2D eigenvalue weighted by Gasteiger charge is 2.32. The molecular weight excluding hydrogens is 316 g/mol. The van der Waals surface area contributed by atoms with Crippen molar-refractivity contribution in [3.8, 4) is 5.69 Å². The van der Waals surface area contributed by atoms with Gasteiger partial charge in [-0.2, -0.15) is 5.10 Å². The maximum Gasteiger partial charge on any atom is 0.308 e. The van der Waals surface area contributed by atoms with E-state index in [1.54, 1.807) is 6.20 Å². The standard InChI is InChI=1S/C15H14N4O5/c20-14(17-7-5-10(9-17)15(21)22)13-6-8-18(16-13)11-1-3-12(4-2-11)19(23)24/h1-4,6,8,10H,5,7,9H2,(H,21,22). The molecule has 1 amide bonds. The number of nitro groups is 1. The molecular formula is C15H14N4O5. The molecule has 3 rings (SSSR count). The third-order valence-electron chi connectivity index (χ3n) is 3.96. The molecule has 24 heavy (non-hydrogen) atoms. The van der Waals surface area contributed by atoms with E-state index in [9.17, 15) is 19.7 Å². The second-order valence-corrected chi connectivity index (χ2v) is 5.49. The van der Waals surface area contributed by atoms with E-state index in [0.717, 1.165) is 0 Å². The van der Waals surface area contributed by atoms with Gasteiger partial charge in [-0.05, 0) is 24.6 Å². The normalized spacial score (nSPS) is 17.0. The number of rotatable bonds is 4. The lowest BCUT2D eigenvalue weighted by atomic mass is 10.1. The number of non-ortho nitro benzene ring substituents is 1. The largest absolute Gasteiger partial charge is 0.481 e. The zero-order valence-corrected chi connectivity index (χ0v) is 12.5. The Bertz CT molecular complexity index is 798. The van der Waals surface area contributed by atoms with Crippen LogP contribution in [0.15, 0.2) is 36.5 Å². The lowest BCUT2D eigenvalue weighted by Crippen LogP contribution is -2.30. The number of aromatic nitrogens is 2. The van der Waals surface area contributed by atoms with Gasteiger partial charge in [0.25, 0.3) is 11.6 Å². The number of nitro benzene ring substituents is 1. The number of nitrogens with zero attached hydrogens (tertiary/aromatic N) is 4. The fourth-order valence-electron chi connectivity index (χ4n) is 2.62. The van der Waals surface area contributed by atoms with Crippen LogP contribution in [0.3, 0.4) is 0 Å². The van der Waals surface area contributed by atoms with Gasteiger partial charge in [0.2, 0.25) is 0 Å². The number of carbonyl (C=O) groups is 2. The molecule has 1 fully saturated rings. The number of carboxylic acids is 1. The number of aliphatic carboxylic acids is 1. The highest BCUT2D eigenvalue weighted by molar-refractivity contribution is 5.93. The van der Waals surface area contributed by atoms with Crippen LogP contribution in [0.25, 0.3) is 5.69 Å². The molecule has 0 radical (unpaired) electrons. The number of hydrogen-bond acceptors (Lipinski definition) is 5. The Morgan fingerprint density at radius 3 is 2.54 bits per heavy atom. The van der Waals surface area contributed by atoms with E-state index in [1.807, 2.05) is 0 Å². The molecule has 1 saturated heterocycles. The van der Waals surface area contributed by atoms with Crippen molar-refractivity contribution >= 4 is 17.6 Å². The first-order valence-electron chi connectivity index (χ1n) is 7.28. The predicted molar refractivity (Wildman–Crippen MR) is 81.9 cm³/mol. The molecule has 0 bridgehead atoms. The molecule has 1 aromatic heterocycles. The molecule has 1 atom stereocenters. The Kier molecular flexibility index (Phi) is 3.98. The van der Waals surface area contributed by atoms with Crippen molar-refractivity contribution in [3.63, 3.8) is 0 Å². The van der Waals surface area contributed by atoms with Crippen LogP contribution in [-0.4, -0.2) is 49.7 Å². The first-order chi connectivity index (χ1) is 11.5. The van der Waals surface area contributed by atoms with Crippen LogP contribution < -0.4 is 0 Å². The van der Waals surface area contributed by atoms with Crippen molar-refractivity contribution < 1.29 is 19.6 Å². The Labute approximate surface area is 136 Å². The summed E-state index contributed by atoms with van der Waals surface area (Å²) in [5.74, 6) is -1.76. The van der Waals surface area contributed by atoms with E-state index in [2.05, 4.69) is 5.10 Å². The van der Waals surface area contributed by atoms with Gasteiger partial charge in [0.05, 0.1) is 16.5 Å². The van der Waals surface area contributed by atoms with E-state index in [0.29, 0.717) is 18.7 Å². The van der Waals surface area contributed by atoms with Gasteiger partial charge in [-0.3, -0.25) is 19.7 Å². The Hall–Kier alpha value is -3.23. The summed E-state index contributed by atoms with van der Waals surface area (Å²) < 4.78 is 1.45. The fraction of sp³-hybridized carbons (Fsp3) is 0.267. The summed E-state index contributed by atoms with van der Waals surface area (Å²) in [7, 11) is 0. The Balaban J connectivity index is 1.74. The molecule has 9 nitrogen and oxygen atoms in total. The molecule has 0 saturated carbocycles. The number of likely N-dealkylation sites (tertiary alicyclic amines) is 1. The average molecular weight is 330 g/mol. The number of hydrogen-bond donors (Lipinski definition) is 1. The van der Waals surface area contributed by atoms with Crippen LogP contribution in [-0.2, 0) is 4.79 Å². The van der Waals surface area contributed by atoms with E-state index in [-0.39, 0.29) is 23.8 Å². The number of benzene rings is 1. The maximum atomic E-state index is 12.4. The van der Waals surface area contributed by atoms with Crippen molar-refractivity contribution in [1.29, 1.82) is 0 Å². The minimum absolute atomic E-state index is 0.0287. The summed E-state index contributed by atoms with van der Waals surface area (Å²) in [5, 5.41) is 23.8. The third-order valence-corrected chi connectivity index (χ3v) is 3.96. The molecule has 2 aromatic rings. The predicted octanol–water partition coefficient (Wildman–Crippen LogP) is 1.33. The first-order valence-corrected chi connectivity index (χ1v) is 7.28. The lowest BCUT2D eigenvalue weighted by Gasteiger charge is -2.13. The molecule has 0 spiro atoms. The van der Waals surface area contributed by atoms with Crippen LogP contribution in [0.5, 0.6) is 0 Å². The summed E-state index contributed by atoms with van der Waals surface area (Å²) in [6.45, 7) is 0.568. The van der Waals surface area contributed by atoms with Crippen LogP contribution in [0.1, 0.15) is 16.9 Å². The topological polar surface area (TPSA) is 119 Å². The number of carbonyl (C=O) groups excluding carboxylic acids is 1. The van der Waals surface area contributed by atoms with Crippen molar-refractivity contribution in [2.45, 2.75) is 6.42 Å². The minimum Gasteiger partial charge on any atom is -0.481 e. The van der Waals surface area contributed by atoms with Gasteiger partial charge in [0.15, 0.2) is 5.69 Å². The van der Waals surface area contributed by atoms with Crippen molar-refractivity contribution in [2.75, 3.05) is 13.1 Å². The second kappa shape index (κ2) is 6.11. The second-order valence-electron chi connectivity index (χ2n) is 5.49. The van der Waals surface area contributed by atoms with Gasteiger partial charge in [0.1, 0.15) is 0 Å². The fourth-order valence-corrected chi connectivity index (χ4v) is 2.62. The first kappa shape index (κ1) is 15.7.